The van der Waals surface area contributed by atoms with Gasteiger partial charge in [0.2, 0.25) is 0 Å². The van der Waals surface area contributed by atoms with Crippen molar-refractivity contribution in [2.24, 2.45) is 0 Å². The lowest BCUT2D eigenvalue weighted by Gasteiger charge is -2.08. The maximum Gasteiger partial charge on any atom is 0.411 e. The smallest absolute Gasteiger partial charge is 0.411 e. The summed E-state index contributed by atoms with van der Waals surface area (Å²) >= 11 is 0. The number of anilines is 1. The van der Waals surface area contributed by atoms with Crippen molar-refractivity contribution in [1.29, 1.82) is 0 Å². The Labute approximate surface area is 147 Å². The Morgan fingerprint density at radius 3 is 2.62 bits per heavy atom. The maximum atomic E-state index is 11.9. The quantitative estimate of drug-likeness (QED) is 0.434. The highest BCUT2D eigenvalue weighted by Gasteiger charge is 2.09. The van der Waals surface area contributed by atoms with E-state index in [-0.39, 0.29) is 12.3 Å². The number of carbonyl (C=O) groups is 1. The summed E-state index contributed by atoms with van der Waals surface area (Å²) in [6, 6.07) is 12.0. The van der Waals surface area contributed by atoms with Gasteiger partial charge in [0.15, 0.2) is 0 Å². The Kier molecular flexibility index (Phi) is 4.66. The van der Waals surface area contributed by atoms with Crippen molar-refractivity contribution in [2.45, 2.75) is 13.5 Å². The molecule has 0 aliphatic heterocycles. The van der Waals surface area contributed by atoms with Crippen molar-refractivity contribution < 1.29 is 18.9 Å². The summed E-state index contributed by atoms with van der Waals surface area (Å²) in [5, 5.41) is 13.9. The summed E-state index contributed by atoms with van der Waals surface area (Å²) in [4.78, 5) is 33.4. The molecule has 0 spiro atoms. The Hall–Kier alpha value is -3.68. The Balaban J connectivity index is 1.65. The summed E-state index contributed by atoms with van der Waals surface area (Å²) in [6.45, 7) is 1.76. The van der Waals surface area contributed by atoms with E-state index in [0.29, 0.717) is 16.8 Å². The van der Waals surface area contributed by atoms with Gasteiger partial charge in [-0.2, -0.15) is 0 Å². The number of benzene rings is 2. The topological polar surface area (TPSA) is 112 Å². The minimum absolute atomic E-state index is 0.0360. The first-order chi connectivity index (χ1) is 12.4. The maximum absolute atomic E-state index is 11.9. The second-order valence-electron chi connectivity index (χ2n) is 5.58. The van der Waals surface area contributed by atoms with Gasteiger partial charge in [-0.05, 0) is 42.3 Å². The fraction of sp³-hybridized carbons (Fsp3) is 0.111. The van der Waals surface area contributed by atoms with E-state index in [1.54, 1.807) is 19.1 Å². The standard InChI is InChI=1S/C18H14N2O6/c1-11-8-17(21)26-16-9-13(4-7-15(11)16)19-18(22)25-10-12-2-5-14(6-3-12)20(23)24/h2-9H,10H2,1H3,(H,19,22). The molecule has 0 saturated heterocycles. The van der Waals surface area contributed by atoms with Crippen LogP contribution in [0.5, 0.6) is 0 Å². The zero-order valence-corrected chi connectivity index (χ0v) is 13.7. The molecule has 132 valence electrons. The summed E-state index contributed by atoms with van der Waals surface area (Å²) in [7, 11) is 0. The molecule has 0 fully saturated rings. The van der Waals surface area contributed by atoms with E-state index in [9.17, 15) is 19.7 Å². The molecule has 1 aromatic heterocycles. The lowest BCUT2D eigenvalue weighted by molar-refractivity contribution is -0.384. The van der Waals surface area contributed by atoms with Crippen molar-refractivity contribution in [2.75, 3.05) is 5.32 Å². The van der Waals surface area contributed by atoms with Gasteiger partial charge in [-0.25, -0.2) is 9.59 Å². The first kappa shape index (κ1) is 17.2. The van der Waals surface area contributed by atoms with Crippen LogP contribution >= 0.6 is 0 Å². The largest absolute Gasteiger partial charge is 0.444 e. The second kappa shape index (κ2) is 7.06. The lowest BCUT2D eigenvalue weighted by atomic mass is 10.1. The number of nitrogens with zero attached hydrogens (tertiary/aromatic N) is 1. The number of carbonyl (C=O) groups excluding carboxylic acids is 1. The van der Waals surface area contributed by atoms with Crippen LogP contribution < -0.4 is 10.9 Å². The summed E-state index contributed by atoms with van der Waals surface area (Å²) in [5.74, 6) is 0. The summed E-state index contributed by atoms with van der Waals surface area (Å²) in [6.07, 6.45) is -0.697. The van der Waals surface area contributed by atoms with Crippen LogP contribution in [0.1, 0.15) is 11.1 Å². The van der Waals surface area contributed by atoms with E-state index in [1.165, 1.54) is 36.4 Å². The molecular formula is C18H14N2O6. The van der Waals surface area contributed by atoms with Gasteiger partial charge < -0.3 is 9.15 Å². The Morgan fingerprint density at radius 2 is 1.92 bits per heavy atom. The van der Waals surface area contributed by atoms with Gasteiger partial charge in [0.25, 0.3) is 5.69 Å². The molecule has 3 aromatic rings. The van der Waals surface area contributed by atoms with E-state index in [0.717, 1.165) is 10.9 Å². The molecule has 0 saturated carbocycles. The number of ether oxygens (including phenoxy) is 1. The predicted octanol–water partition coefficient (Wildman–Crippen LogP) is 3.76. The molecule has 1 amide bonds. The van der Waals surface area contributed by atoms with Crippen molar-refractivity contribution >= 4 is 28.4 Å². The van der Waals surface area contributed by atoms with Gasteiger partial charge in [-0.1, -0.05) is 0 Å². The Morgan fingerprint density at radius 1 is 1.19 bits per heavy atom. The van der Waals surface area contributed by atoms with Gasteiger partial charge in [0.05, 0.1) is 4.92 Å². The third-order valence-electron chi connectivity index (χ3n) is 3.71. The van der Waals surface area contributed by atoms with Gasteiger partial charge in [-0.15, -0.1) is 0 Å². The molecule has 0 aliphatic rings. The van der Waals surface area contributed by atoms with Crippen LogP contribution in [-0.2, 0) is 11.3 Å². The van der Waals surface area contributed by atoms with Gasteiger partial charge in [0, 0.05) is 35.3 Å². The van der Waals surface area contributed by atoms with Crippen LogP contribution in [0.4, 0.5) is 16.2 Å². The molecule has 0 aliphatic carbocycles. The number of nitro benzene ring substituents is 1. The van der Waals surface area contributed by atoms with Crippen molar-refractivity contribution in [3.05, 3.63) is 80.2 Å². The van der Waals surface area contributed by atoms with Crippen molar-refractivity contribution in [3.8, 4) is 0 Å². The van der Waals surface area contributed by atoms with Crippen LogP contribution in [0.25, 0.3) is 11.0 Å². The average molecular weight is 354 g/mol. The fourth-order valence-electron chi connectivity index (χ4n) is 2.42. The lowest BCUT2D eigenvalue weighted by Crippen LogP contribution is -2.13. The zero-order chi connectivity index (χ0) is 18.7. The summed E-state index contributed by atoms with van der Waals surface area (Å²) < 4.78 is 10.2. The first-order valence-electron chi connectivity index (χ1n) is 7.64. The minimum atomic E-state index is -0.697. The SMILES string of the molecule is Cc1cc(=O)oc2cc(NC(=O)OCc3ccc([N+](=O)[O-])cc3)ccc12. The predicted molar refractivity (Wildman–Crippen MR) is 94.1 cm³/mol. The average Bonchev–Trinajstić information content (AvgIpc) is 2.60. The summed E-state index contributed by atoms with van der Waals surface area (Å²) in [5.41, 5.74) is 1.68. The van der Waals surface area contributed by atoms with Gasteiger partial charge in [0.1, 0.15) is 12.2 Å². The van der Waals surface area contributed by atoms with E-state index < -0.39 is 16.6 Å². The molecule has 1 N–H and O–H groups in total. The molecule has 0 atom stereocenters. The number of non-ortho nitro benzene ring substituents is 1. The van der Waals surface area contributed by atoms with Crippen molar-refractivity contribution in [3.63, 3.8) is 0 Å². The number of aryl methyl sites for hydroxylation is 1. The van der Waals surface area contributed by atoms with Crippen LogP contribution in [0.2, 0.25) is 0 Å². The van der Waals surface area contributed by atoms with E-state index in [2.05, 4.69) is 5.32 Å². The highest BCUT2D eigenvalue weighted by atomic mass is 16.6. The fourth-order valence-corrected chi connectivity index (χ4v) is 2.42. The minimum Gasteiger partial charge on any atom is -0.444 e. The molecule has 0 radical (unpaired) electrons. The highest BCUT2D eigenvalue weighted by Crippen LogP contribution is 2.21. The molecule has 1 heterocycles. The third kappa shape index (κ3) is 3.86. The number of amides is 1. The highest BCUT2D eigenvalue weighted by molar-refractivity contribution is 5.89. The number of nitro groups is 1. The molecule has 0 unspecified atom stereocenters. The van der Waals surface area contributed by atoms with E-state index in [1.807, 2.05) is 0 Å². The molecule has 2 aromatic carbocycles. The first-order valence-corrected chi connectivity index (χ1v) is 7.64. The normalized spacial score (nSPS) is 10.5. The zero-order valence-electron chi connectivity index (χ0n) is 13.7. The molecular weight excluding hydrogens is 340 g/mol. The molecule has 8 heteroatoms. The van der Waals surface area contributed by atoms with Crippen molar-refractivity contribution in [1.82, 2.24) is 0 Å². The molecule has 26 heavy (non-hydrogen) atoms. The number of hydrogen-bond acceptors (Lipinski definition) is 6. The second-order valence-corrected chi connectivity index (χ2v) is 5.58. The number of rotatable bonds is 4. The molecule has 8 nitrogen and oxygen atoms in total. The van der Waals surface area contributed by atoms with E-state index in [4.69, 9.17) is 9.15 Å². The van der Waals surface area contributed by atoms with Gasteiger partial charge >= 0.3 is 11.7 Å². The van der Waals surface area contributed by atoms with E-state index >= 15 is 0 Å². The molecule has 0 bridgehead atoms. The Bertz CT molecular complexity index is 1040. The van der Waals surface area contributed by atoms with Crippen LogP contribution in [0.15, 0.2) is 57.7 Å². The number of nitrogens with one attached hydrogen (secondary N) is 1. The van der Waals surface area contributed by atoms with Crippen LogP contribution in [-0.4, -0.2) is 11.0 Å². The number of fused-ring (bicyclic) bond motifs is 1. The molecule has 3 rings (SSSR count). The third-order valence-corrected chi connectivity index (χ3v) is 3.71. The number of hydrogen-bond donors (Lipinski definition) is 1. The monoisotopic (exact) mass is 354 g/mol. The van der Waals surface area contributed by atoms with Crippen LogP contribution in [0, 0.1) is 17.0 Å². The van der Waals surface area contributed by atoms with Crippen LogP contribution in [0.3, 0.4) is 0 Å². The van der Waals surface area contributed by atoms with Gasteiger partial charge in [-0.3, -0.25) is 15.4 Å².